The van der Waals surface area contributed by atoms with E-state index >= 15 is 0 Å². The van der Waals surface area contributed by atoms with Crippen molar-refractivity contribution in [2.45, 2.75) is 29.5 Å². The van der Waals surface area contributed by atoms with Gasteiger partial charge in [0.1, 0.15) is 11.6 Å². The number of carbonyl (C=O) groups is 2. The number of hydrogen-bond donors (Lipinski definition) is 2. The fraction of sp³-hybridized carbons (Fsp3) is 0.200. The van der Waals surface area contributed by atoms with E-state index in [9.17, 15) is 14.9 Å². The topological polar surface area (TPSA) is 138 Å². The number of halogens is 2. The van der Waals surface area contributed by atoms with Gasteiger partial charge in [0.2, 0.25) is 11.0 Å². The number of benzene rings is 1. The molecule has 1 aliphatic heterocycles. The Morgan fingerprint density at radius 1 is 1.29 bits per heavy atom. The average Bonchev–Trinajstić information content (AvgIpc) is 3.37. The van der Waals surface area contributed by atoms with E-state index in [0.717, 1.165) is 4.47 Å². The van der Waals surface area contributed by atoms with E-state index in [4.69, 9.17) is 17.3 Å². The number of thioether (sulfide) groups is 1. The number of ketones is 1. The van der Waals surface area contributed by atoms with Crippen LogP contribution in [0.1, 0.15) is 30.7 Å². The number of nitrogens with zero attached hydrogens (tertiary/aromatic N) is 5. The Morgan fingerprint density at radius 2 is 2.11 bits per heavy atom. The van der Waals surface area contributed by atoms with Crippen LogP contribution < -0.4 is 16.0 Å². The molecular formula is C25H19BrClN7O2S2. The first kappa shape index (κ1) is 26.4. The molecule has 1 aromatic carbocycles. The third kappa shape index (κ3) is 5.19. The molecule has 1 amide bonds. The normalized spacial score (nSPS) is 17.3. The molecule has 3 N–H and O–H groups in total. The summed E-state index contributed by atoms with van der Waals surface area (Å²) in [7, 11) is 0. The lowest BCUT2D eigenvalue weighted by Gasteiger charge is -2.38. The van der Waals surface area contributed by atoms with Crippen molar-refractivity contribution in [3.63, 3.8) is 0 Å². The van der Waals surface area contributed by atoms with Crippen molar-refractivity contribution in [1.82, 2.24) is 15.2 Å². The molecule has 2 aliphatic rings. The highest BCUT2D eigenvalue weighted by atomic mass is 79.9. The maximum absolute atomic E-state index is 13.2. The Balaban J connectivity index is 1.42. The Hall–Kier alpha value is -3.24. The molecule has 2 aromatic heterocycles. The van der Waals surface area contributed by atoms with E-state index < -0.39 is 5.92 Å². The molecule has 1 aliphatic carbocycles. The first-order valence-electron chi connectivity index (χ1n) is 11.5. The quantitative estimate of drug-likeness (QED) is 0.344. The van der Waals surface area contributed by atoms with E-state index in [0.29, 0.717) is 56.4 Å². The third-order valence-corrected chi connectivity index (χ3v) is 8.89. The third-order valence-electron chi connectivity index (χ3n) is 6.04. The van der Waals surface area contributed by atoms with Crippen molar-refractivity contribution < 1.29 is 9.59 Å². The Bertz CT molecular complexity index is 1530. The van der Waals surface area contributed by atoms with Crippen LogP contribution in [0.25, 0.3) is 0 Å². The molecule has 38 heavy (non-hydrogen) atoms. The number of pyridine rings is 1. The summed E-state index contributed by atoms with van der Waals surface area (Å²) in [4.78, 5) is 31.4. The number of nitrogens with two attached hydrogens (primary N) is 1. The number of allylic oxidation sites excluding steroid dienone is 3. The molecule has 1 atom stereocenters. The van der Waals surface area contributed by atoms with Crippen LogP contribution in [0.3, 0.4) is 0 Å². The van der Waals surface area contributed by atoms with E-state index in [2.05, 4.69) is 42.5 Å². The van der Waals surface area contributed by atoms with Crippen LogP contribution in [0, 0.1) is 11.3 Å². The summed E-state index contributed by atoms with van der Waals surface area (Å²) in [6.45, 7) is 0. The van der Waals surface area contributed by atoms with Crippen molar-refractivity contribution in [1.29, 1.82) is 5.26 Å². The molecule has 0 bridgehead atoms. The van der Waals surface area contributed by atoms with Crippen LogP contribution in [0.15, 0.2) is 74.1 Å². The highest BCUT2D eigenvalue weighted by molar-refractivity contribution is 9.10. The first-order chi connectivity index (χ1) is 18.4. The maximum atomic E-state index is 13.2. The largest absolute Gasteiger partial charge is 0.384 e. The second-order valence-corrected chi connectivity index (χ2v) is 11.9. The summed E-state index contributed by atoms with van der Waals surface area (Å²) in [5.74, 6) is -0.193. The number of nitriles is 1. The zero-order valence-electron chi connectivity index (χ0n) is 19.6. The lowest BCUT2D eigenvalue weighted by Crippen LogP contribution is -2.38. The molecule has 1 unspecified atom stereocenters. The lowest BCUT2D eigenvalue weighted by molar-refractivity contribution is -0.116. The first-order valence-corrected chi connectivity index (χ1v) is 14.4. The van der Waals surface area contributed by atoms with Crippen molar-refractivity contribution in [2.24, 2.45) is 5.73 Å². The minimum Gasteiger partial charge on any atom is -0.384 e. The Kier molecular flexibility index (Phi) is 7.80. The molecule has 5 rings (SSSR count). The van der Waals surface area contributed by atoms with E-state index in [1.807, 2.05) is 12.1 Å². The zero-order chi connectivity index (χ0) is 26.8. The minimum absolute atomic E-state index is 0.0428. The van der Waals surface area contributed by atoms with Gasteiger partial charge in [-0.1, -0.05) is 52.9 Å². The Labute approximate surface area is 239 Å². The average molecular weight is 629 g/mol. The number of amides is 1. The molecule has 9 nitrogen and oxygen atoms in total. The molecule has 0 saturated carbocycles. The number of hydrogen-bond acceptors (Lipinski definition) is 10. The summed E-state index contributed by atoms with van der Waals surface area (Å²) < 4.78 is 1.36. The predicted molar refractivity (Wildman–Crippen MR) is 151 cm³/mol. The van der Waals surface area contributed by atoms with Gasteiger partial charge in [-0.15, -0.1) is 10.2 Å². The van der Waals surface area contributed by atoms with Gasteiger partial charge in [-0.2, -0.15) is 5.26 Å². The van der Waals surface area contributed by atoms with Crippen molar-refractivity contribution in [3.05, 3.63) is 80.3 Å². The molecule has 13 heteroatoms. The fourth-order valence-electron chi connectivity index (χ4n) is 4.43. The molecule has 0 fully saturated rings. The number of rotatable bonds is 6. The van der Waals surface area contributed by atoms with Gasteiger partial charge in [-0.3, -0.25) is 14.5 Å². The van der Waals surface area contributed by atoms with Crippen LogP contribution in [0.4, 0.5) is 10.9 Å². The van der Waals surface area contributed by atoms with E-state index in [-0.39, 0.29) is 28.8 Å². The molecular weight excluding hydrogens is 610 g/mol. The van der Waals surface area contributed by atoms with Gasteiger partial charge in [0, 0.05) is 33.4 Å². The van der Waals surface area contributed by atoms with Crippen LogP contribution in [0.2, 0.25) is 5.02 Å². The van der Waals surface area contributed by atoms with Gasteiger partial charge >= 0.3 is 0 Å². The van der Waals surface area contributed by atoms with E-state index in [1.54, 1.807) is 35.4 Å². The SMILES string of the molecule is N#CC1=C(N)N(c2nnc(SCC(=O)Nc3ccc(Br)cn3)s2)C2=C(C(=O)CCC2)C1c1ccccc1Cl. The molecule has 3 heterocycles. The van der Waals surface area contributed by atoms with Crippen molar-refractivity contribution in [2.75, 3.05) is 16.0 Å². The van der Waals surface area contributed by atoms with Gasteiger partial charge in [0.05, 0.1) is 23.3 Å². The summed E-state index contributed by atoms with van der Waals surface area (Å²) in [5, 5.41) is 22.3. The van der Waals surface area contributed by atoms with Crippen molar-refractivity contribution >= 4 is 73.3 Å². The number of anilines is 2. The summed E-state index contributed by atoms with van der Waals surface area (Å²) in [6.07, 6.45) is 3.22. The summed E-state index contributed by atoms with van der Waals surface area (Å²) >= 11 is 12.3. The molecule has 3 aromatic rings. The number of carbonyl (C=O) groups excluding carboxylic acids is 2. The highest BCUT2D eigenvalue weighted by Gasteiger charge is 2.41. The van der Waals surface area contributed by atoms with Crippen molar-refractivity contribution in [3.8, 4) is 6.07 Å². The lowest BCUT2D eigenvalue weighted by atomic mass is 9.76. The van der Waals surface area contributed by atoms with Gasteiger partial charge < -0.3 is 11.1 Å². The highest BCUT2D eigenvalue weighted by Crippen LogP contribution is 2.48. The molecule has 0 saturated heterocycles. The number of aromatic nitrogens is 3. The van der Waals surface area contributed by atoms with Crippen LogP contribution >= 0.6 is 50.6 Å². The monoisotopic (exact) mass is 627 g/mol. The summed E-state index contributed by atoms with van der Waals surface area (Å²) in [6, 6.07) is 12.9. The molecule has 192 valence electrons. The fourth-order valence-corrected chi connectivity index (χ4v) is 6.59. The zero-order valence-corrected chi connectivity index (χ0v) is 23.6. The predicted octanol–water partition coefficient (Wildman–Crippen LogP) is 5.38. The van der Waals surface area contributed by atoms with Crippen LogP contribution in [0.5, 0.6) is 0 Å². The maximum Gasteiger partial charge on any atom is 0.235 e. The van der Waals surface area contributed by atoms with Gasteiger partial charge in [0.25, 0.3) is 0 Å². The minimum atomic E-state index is -0.648. The Morgan fingerprint density at radius 3 is 2.84 bits per heavy atom. The van der Waals surface area contributed by atoms with Gasteiger partial charge in [-0.05, 0) is 52.5 Å². The second-order valence-electron chi connectivity index (χ2n) is 8.39. The molecule has 0 radical (unpaired) electrons. The smallest absolute Gasteiger partial charge is 0.235 e. The van der Waals surface area contributed by atoms with E-state index in [1.165, 1.54) is 23.1 Å². The van der Waals surface area contributed by atoms with Gasteiger partial charge in [0.15, 0.2) is 10.1 Å². The standard InChI is InChI=1S/C25H19BrClN7O2S2/c26-13-8-9-19(30-11-13)31-20(36)12-37-25-33-32-24(38-25)34-17-6-3-7-18(35)22(17)21(15(10-28)23(34)29)14-4-1-2-5-16(14)27/h1-2,4-5,8-9,11,21H,3,6-7,12,29H2,(H,30,31,36). The van der Waals surface area contributed by atoms with Crippen LogP contribution in [-0.2, 0) is 9.59 Å². The number of nitrogens with one attached hydrogen (secondary N) is 1. The molecule has 0 spiro atoms. The van der Waals surface area contributed by atoms with Crippen LogP contribution in [-0.4, -0.2) is 32.6 Å². The number of Topliss-reactive ketones (excluding diaryl/α,β-unsaturated/α-hetero) is 1. The van der Waals surface area contributed by atoms with Gasteiger partial charge in [-0.25, -0.2) is 4.98 Å². The summed E-state index contributed by atoms with van der Waals surface area (Å²) in [5.41, 5.74) is 8.69. The second kappa shape index (κ2) is 11.2.